The summed E-state index contributed by atoms with van der Waals surface area (Å²) in [5, 5.41) is 5.11. The number of fused-ring (bicyclic) bond motifs is 1. The Bertz CT molecular complexity index is 1080. The van der Waals surface area contributed by atoms with E-state index >= 15 is 0 Å². The van der Waals surface area contributed by atoms with Gasteiger partial charge in [0, 0.05) is 18.7 Å². The number of carbonyl (C=O) groups excluding carboxylic acids is 2. The zero-order valence-electron chi connectivity index (χ0n) is 16.6. The van der Waals surface area contributed by atoms with Crippen molar-refractivity contribution in [1.29, 1.82) is 0 Å². The minimum absolute atomic E-state index is 0.0222. The molecule has 1 atom stereocenters. The van der Waals surface area contributed by atoms with Crippen molar-refractivity contribution < 1.29 is 14.3 Å². The number of aryl methyl sites for hydroxylation is 2. The number of nitrogens with zero attached hydrogens (tertiary/aromatic N) is 1. The molecule has 1 aliphatic rings. The van der Waals surface area contributed by atoms with E-state index in [0.717, 1.165) is 22.0 Å². The van der Waals surface area contributed by atoms with Gasteiger partial charge in [0.25, 0.3) is 5.91 Å². The summed E-state index contributed by atoms with van der Waals surface area (Å²) in [6.45, 7) is 4.47. The van der Waals surface area contributed by atoms with Crippen molar-refractivity contribution in [3.8, 4) is 5.75 Å². The van der Waals surface area contributed by atoms with Crippen molar-refractivity contribution in [1.82, 2.24) is 5.32 Å². The Morgan fingerprint density at radius 3 is 2.62 bits per heavy atom. The number of hydrogen-bond acceptors (Lipinski definition) is 3. The molecule has 3 aromatic rings. The van der Waals surface area contributed by atoms with E-state index in [4.69, 9.17) is 4.74 Å². The maximum absolute atomic E-state index is 12.4. The quantitative estimate of drug-likeness (QED) is 0.724. The second-order valence-electron chi connectivity index (χ2n) is 7.54. The molecule has 3 aromatic carbocycles. The van der Waals surface area contributed by atoms with Crippen LogP contribution in [0.1, 0.15) is 17.5 Å². The Morgan fingerprint density at radius 1 is 1.03 bits per heavy atom. The molecule has 5 nitrogen and oxygen atoms in total. The summed E-state index contributed by atoms with van der Waals surface area (Å²) in [5.74, 6) is 0.449. The third kappa shape index (κ3) is 4.24. The highest BCUT2D eigenvalue weighted by atomic mass is 16.5. The number of anilines is 1. The average Bonchev–Trinajstić information content (AvgIpc) is 3.08. The van der Waals surface area contributed by atoms with E-state index < -0.39 is 0 Å². The average molecular weight is 388 g/mol. The maximum atomic E-state index is 12.4. The Kier molecular flexibility index (Phi) is 5.21. The van der Waals surface area contributed by atoms with Crippen LogP contribution in [-0.4, -0.2) is 31.0 Å². The van der Waals surface area contributed by atoms with E-state index in [-0.39, 0.29) is 24.5 Å². The fraction of sp³-hybridized carbons (Fsp3) is 0.250. The standard InChI is InChI=1S/C24H24N2O3/c1-16-7-9-21(11-17(16)2)26-14-20(13-24(26)28)25-23(27)15-29-22-10-8-18-5-3-4-6-19(18)12-22/h3-12,20H,13-15H2,1-2H3,(H,25,27)/t20-/m1/s1. The van der Waals surface area contributed by atoms with Gasteiger partial charge < -0.3 is 15.0 Å². The summed E-state index contributed by atoms with van der Waals surface area (Å²) in [4.78, 5) is 26.5. The first-order valence-electron chi connectivity index (χ1n) is 9.78. The van der Waals surface area contributed by atoms with Crippen LogP contribution in [0, 0.1) is 13.8 Å². The van der Waals surface area contributed by atoms with Crippen LogP contribution >= 0.6 is 0 Å². The molecule has 4 rings (SSSR count). The molecule has 2 amide bonds. The van der Waals surface area contributed by atoms with Gasteiger partial charge in [-0.1, -0.05) is 36.4 Å². The van der Waals surface area contributed by atoms with Crippen LogP contribution in [0.4, 0.5) is 5.69 Å². The lowest BCUT2D eigenvalue weighted by Crippen LogP contribution is -2.39. The molecular formula is C24H24N2O3. The van der Waals surface area contributed by atoms with Gasteiger partial charge in [-0.05, 0) is 60.0 Å². The minimum Gasteiger partial charge on any atom is -0.484 e. The fourth-order valence-corrected chi connectivity index (χ4v) is 3.62. The molecule has 1 N–H and O–H groups in total. The molecule has 0 unspecified atom stereocenters. The normalized spacial score (nSPS) is 16.3. The van der Waals surface area contributed by atoms with Crippen LogP contribution in [0.15, 0.2) is 60.7 Å². The molecule has 0 aliphatic carbocycles. The summed E-state index contributed by atoms with van der Waals surface area (Å²) in [7, 11) is 0. The molecule has 5 heteroatoms. The van der Waals surface area contributed by atoms with Gasteiger partial charge in [0.1, 0.15) is 5.75 Å². The van der Waals surface area contributed by atoms with Crippen LogP contribution in [0.25, 0.3) is 10.8 Å². The van der Waals surface area contributed by atoms with E-state index in [9.17, 15) is 9.59 Å². The summed E-state index contributed by atoms with van der Waals surface area (Å²) >= 11 is 0. The van der Waals surface area contributed by atoms with Crippen molar-refractivity contribution in [2.24, 2.45) is 0 Å². The number of carbonyl (C=O) groups is 2. The van der Waals surface area contributed by atoms with Gasteiger partial charge in [-0.15, -0.1) is 0 Å². The zero-order chi connectivity index (χ0) is 20.4. The topological polar surface area (TPSA) is 58.6 Å². The molecule has 0 spiro atoms. The molecule has 0 saturated carbocycles. The van der Waals surface area contributed by atoms with Gasteiger partial charge in [-0.3, -0.25) is 9.59 Å². The Labute approximate surface area is 170 Å². The molecule has 148 valence electrons. The van der Waals surface area contributed by atoms with Crippen LogP contribution < -0.4 is 15.0 Å². The first-order valence-corrected chi connectivity index (χ1v) is 9.78. The number of amides is 2. The van der Waals surface area contributed by atoms with E-state index in [1.54, 1.807) is 4.90 Å². The first-order chi connectivity index (χ1) is 14.0. The Morgan fingerprint density at radius 2 is 1.83 bits per heavy atom. The SMILES string of the molecule is Cc1ccc(N2C[C@H](NC(=O)COc3ccc4ccccc4c3)CC2=O)cc1C. The molecule has 0 bridgehead atoms. The van der Waals surface area contributed by atoms with E-state index in [0.29, 0.717) is 18.7 Å². The lowest BCUT2D eigenvalue weighted by atomic mass is 10.1. The second-order valence-corrected chi connectivity index (χ2v) is 7.54. The summed E-state index contributed by atoms with van der Waals surface area (Å²) in [6.07, 6.45) is 0.300. The van der Waals surface area contributed by atoms with Crippen LogP contribution in [0.3, 0.4) is 0 Å². The Hall–Kier alpha value is -3.34. The fourth-order valence-electron chi connectivity index (χ4n) is 3.62. The van der Waals surface area contributed by atoms with Gasteiger partial charge in [0.2, 0.25) is 5.91 Å². The second kappa shape index (κ2) is 7.95. The third-order valence-corrected chi connectivity index (χ3v) is 5.38. The van der Waals surface area contributed by atoms with E-state index in [1.165, 1.54) is 5.56 Å². The van der Waals surface area contributed by atoms with Gasteiger partial charge in [0.05, 0.1) is 6.04 Å². The van der Waals surface area contributed by atoms with Crippen molar-refractivity contribution in [3.05, 3.63) is 71.8 Å². The number of ether oxygens (including phenoxy) is 1. The number of benzene rings is 3. The molecule has 29 heavy (non-hydrogen) atoms. The van der Waals surface area contributed by atoms with Gasteiger partial charge in [-0.2, -0.15) is 0 Å². The first kappa shape index (κ1) is 19.0. The maximum Gasteiger partial charge on any atom is 0.258 e. The zero-order valence-corrected chi connectivity index (χ0v) is 16.6. The van der Waals surface area contributed by atoms with E-state index in [2.05, 4.69) is 5.32 Å². The van der Waals surface area contributed by atoms with Gasteiger partial charge >= 0.3 is 0 Å². The number of rotatable bonds is 5. The molecular weight excluding hydrogens is 364 g/mol. The predicted molar refractivity (Wildman–Crippen MR) is 114 cm³/mol. The Balaban J connectivity index is 1.33. The largest absolute Gasteiger partial charge is 0.484 e. The van der Waals surface area contributed by atoms with E-state index in [1.807, 2.05) is 74.5 Å². The highest BCUT2D eigenvalue weighted by Gasteiger charge is 2.31. The van der Waals surface area contributed by atoms with Gasteiger partial charge in [-0.25, -0.2) is 0 Å². The van der Waals surface area contributed by atoms with Crippen molar-refractivity contribution >= 4 is 28.3 Å². The molecule has 1 saturated heterocycles. The highest BCUT2D eigenvalue weighted by molar-refractivity contribution is 5.97. The summed E-state index contributed by atoms with van der Waals surface area (Å²) in [6, 6.07) is 19.5. The lowest BCUT2D eigenvalue weighted by Gasteiger charge is -2.18. The van der Waals surface area contributed by atoms with Crippen molar-refractivity contribution in [3.63, 3.8) is 0 Å². The summed E-state index contributed by atoms with van der Waals surface area (Å²) in [5.41, 5.74) is 3.21. The molecule has 1 fully saturated rings. The third-order valence-electron chi connectivity index (χ3n) is 5.38. The molecule has 0 aromatic heterocycles. The van der Waals surface area contributed by atoms with Crippen molar-refractivity contribution in [2.45, 2.75) is 26.3 Å². The molecule has 1 aliphatic heterocycles. The molecule has 0 radical (unpaired) electrons. The number of hydrogen-bond donors (Lipinski definition) is 1. The molecule has 1 heterocycles. The van der Waals surface area contributed by atoms with Gasteiger partial charge in [0.15, 0.2) is 6.61 Å². The lowest BCUT2D eigenvalue weighted by molar-refractivity contribution is -0.123. The highest BCUT2D eigenvalue weighted by Crippen LogP contribution is 2.24. The summed E-state index contributed by atoms with van der Waals surface area (Å²) < 4.78 is 5.64. The van der Waals surface area contributed by atoms with Crippen LogP contribution in [-0.2, 0) is 9.59 Å². The van der Waals surface area contributed by atoms with Crippen molar-refractivity contribution in [2.75, 3.05) is 18.1 Å². The van der Waals surface area contributed by atoms with Crippen LogP contribution in [0.2, 0.25) is 0 Å². The number of nitrogens with one attached hydrogen (secondary N) is 1. The monoisotopic (exact) mass is 388 g/mol. The smallest absolute Gasteiger partial charge is 0.258 e. The van der Waals surface area contributed by atoms with Crippen LogP contribution in [0.5, 0.6) is 5.75 Å². The predicted octanol–water partition coefficient (Wildman–Crippen LogP) is 3.76. The minimum atomic E-state index is -0.224.